The first-order valence-electron chi connectivity index (χ1n) is 14.0. The zero-order valence-electron chi connectivity index (χ0n) is 23.9. The summed E-state index contributed by atoms with van der Waals surface area (Å²) in [6, 6.07) is 4.96. The summed E-state index contributed by atoms with van der Waals surface area (Å²) in [7, 11) is 1.46. The second-order valence-corrected chi connectivity index (χ2v) is 13.4. The van der Waals surface area contributed by atoms with Crippen molar-refractivity contribution in [1.29, 1.82) is 0 Å². The number of carbonyl (C=O) groups is 1. The minimum Gasteiger partial charge on any atom is -0.496 e. The van der Waals surface area contributed by atoms with Gasteiger partial charge in [-0.05, 0) is 73.6 Å². The van der Waals surface area contributed by atoms with Gasteiger partial charge in [-0.25, -0.2) is 4.79 Å². The van der Waals surface area contributed by atoms with E-state index in [-0.39, 0.29) is 46.8 Å². The number of hydrogen-bond donors (Lipinski definition) is 3. The first kappa shape index (κ1) is 26.8. The van der Waals surface area contributed by atoms with Crippen LogP contribution in [0.3, 0.4) is 0 Å². The number of ether oxygens (including phenoxy) is 4. The Bertz CT molecular complexity index is 1280. The molecule has 8 nitrogen and oxygen atoms in total. The molecule has 0 amide bonds. The van der Waals surface area contributed by atoms with E-state index in [1.165, 1.54) is 7.11 Å². The minimum absolute atomic E-state index is 0.0802. The number of anilines is 1. The predicted molar refractivity (Wildman–Crippen MR) is 145 cm³/mol. The van der Waals surface area contributed by atoms with Crippen LogP contribution in [0.1, 0.15) is 58.3 Å². The van der Waals surface area contributed by atoms with E-state index >= 15 is 0 Å². The number of hydrogen-bond acceptors (Lipinski definition) is 8. The van der Waals surface area contributed by atoms with Crippen LogP contribution in [0.4, 0.5) is 5.69 Å². The molecule has 4 aliphatic carbocycles. The van der Waals surface area contributed by atoms with Gasteiger partial charge >= 0.3 is 5.97 Å². The van der Waals surface area contributed by atoms with Crippen molar-refractivity contribution in [3.63, 3.8) is 0 Å². The van der Waals surface area contributed by atoms with Crippen molar-refractivity contribution in [3.8, 4) is 5.75 Å². The molecule has 4 N–H and O–H groups in total. The molecule has 1 spiro atoms. The molecule has 3 fully saturated rings. The smallest absolute Gasteiger partial charge is 0.344 e. The van der Waals surface area contributed by atoms with Crippen molar-refractivity contribution in [2.75, 3.05) is 19.5 Å². The Hall–Kier alpha value is -2.39. The number of rotatable bonds is 3. The van der Waals surface area contributed by atoms with Crippen LogP contribution in [0.5, 0.6) is 5.75 Å². The van der Waals surface area contributed by atoms with Gasteiger partial charge in [0.2, 0.25) is 0 Å². The lowest BCUT2D eigenvalue weighted by Gasteiger charge is -2.55. The average Bonchev–Trinajstić information content (AvgIpc) is 3.36. The maximum atomic E-state index is 13.7. The fraction of sp³-hybridized carbons (Fsp3) is 0.645. The molecule has 0 aromatic heterocycles. The van der Waals surface area contributed by atoms with Crippen LogP contribution in [0, 0.1) is 34.5 Å². The number of benzene rings is 1. The maximum Gasteiger partial charge on any atom is 0.344 e. The van der Waals surface area contributed by atoms with Gasteiger partial charge in [-0.3, -0.25) is 0 Å². The SMILES string of the molecule is COc1cccc(N)c1C(=O)O[C@H]1C(C)=C[C@]23C(O)[C@@H](C=C4COC(C)(C)O[C@H]4[C@]12O)[C@H]1[C@@H](C[C@H]3C)C1(C)C. The quantitative estimate of drug-likeness (QED) is 0.301. The van der Waals surface area contributed by atoms with E-state index in [2.05, 4.69) is 26.8 Å². The summed E-state index contributed by atoms with van der Waals surface area (Å²) in [5.74, 6) is -1.03. The topological polar surface area (TPSA) is 120 Å². The Balaban J connectivity index is 1.51. The lowest BCUT2D eigenvalue weighted by Crippen LogP contribution is -2.69. The zero-order valence-corrected chi connectivity index (χ0v) is 23.9. The number of esters is 1. The average molecular weight is 540 g/mol. The normalized spacial score (nSPS) is 42.9. The van der Waals surface area contributed by atoms with Crippen LogP contribution in [0.25, 0.3) is 0 Å². The first-order chi connectivity index (χ1) is 18.2. The van der Waals surface area contributed by atoms with Crippen molar-refractivity contribution in [2.24, 2.45) is 34.5 Å². The molecule has 1 unspecified atom stereocenters. The summed E-state index contributed by atoms with van der Waals surface area (Å²) >= 11 is 0. The monoisotopic (exact) mass is 539 g/mol. The number of nitrogens with two attached hydrogens (primary N) is 1. The summed E-state index contributed by atoms with van der Waals surface area (Å²) < 4.78 is 24.2. The first-order valence-corrected chi connectivity index (χ1v) is 14.0. The molecule has 212 valence electrons. The Morgan fingerprint density at radius 1 is 1.21 bits per heavy atom. The van der Waals surface area contributed by atoms with E-state index in [1.807, 2.05) is 26.8 Å². The number of carbonyl (C=O) groups excluding carboxylic acids is 1. The van der Waals surface area contributed by atoms with Crippen molar-refractivity contribution < 1.29 is 34.0 Å². The molecule has 1 aliphatic heterocycles. The predicted octanol–water partition coefficient (Wildman–Crippen LogP) is 3.86. The number of fused-ring (bicyclic) bond motifs is 5. The standard InChI is InChI=1S/C31H41NO7/c1-15-13-30-16(2)11-19-23(28(19,3)4)18(24(30)33)12-17-14-37-29(5,6)39-26(17)31(30,35)25(15)38-27(34)22-20(32)9-8-10-21(22)36-7/h8-10,12-13,16,18-19,23-26,33,35H,11,14,32H2,1-7H3/t16-,18+,19-,23+,24?,25+,26-,30+,31-/m1/s1. The summed E-state index contributed by atoms with van der Waals surface area (Å²) in [5, 5.41) is 25.5. The van der Waals surface area contributed by atoms with E-state index < -0.39 is 41.1 Å². The van der Waals surface area contributed by atoms with Crippen LogP contribution in [-0.4, -0.2) is 59.6 Å². The Labute approximate surface area is 230 Å². The molecule has 6 rings (SSSR count). The molecule has 8 heteroatoms. The molecule has 9 atom stereocenters. The molecule has 5 aliphatic rings. The second-order valence-electron chi connectivity index (χ2n) is 13.4. The van der Waals surface area contributed by atoms with Crippen LogP contribution in [0.15, 0.2) is 41.5 Å². The van der Waals surface area contributed by atoms with Gasteiger partial charge in [0.25, 0.3) is 0 Å². The van der Waals surface area contributed by atoms with Crippen molar-refractivity contribution in [1.82, 2.24) is 0 Å². The molecule has 1 aromatic carbocycles. The van der Waals surface area contributed by atoms with Gasteiger partial charge < -0.3 is 34.9 Å². The summed E-state index contributed by atoms with van der Waals surface area (Å²) in [6.45, 7) is 12.4. The van der Waals surface area contributed by atoms with Crippen molar-refractivity contribution in [2.45, 2.75) is 77.7 Å². The van der Waals surface area contributed by atoms with E-state index in [1.54, 1.807) is 18.2 Å². The number of nitrogen functional groups attached to an aromatic ring is 1. The third-order valence-corrected chi connectivity index (χ3v) is 10.6. The summed E-state index contributed by atoms with van der Waals surface area (Å²) in [5.41, 5.74) is 5.13. The molecule has 1 saturated heterocycles. The molecule has 0 radical (unpaired) electrons. The highest BCUT2D eigenvalue weighted by Gasteiger charge is 2.77. The maximum absolute atomic E-state index is 13.7. The molecule has 39 heavy (non-hydrogen) atoms. The molecule has 2 saturated carbocycles. The number of aliphatic hydroxyl groups excluding tert-OH is 1. The van der Waals surface area contributed by atoms with Gasteiger partial charge in [-0.1, -0.05) is 39.0 Å². The summed E-state index contributed by atoms with van der Waals surface area (Å²) in [6.07, 6.45) is 2.05. The van der Waals surface area contributed by atoms with Gasteiger partial charge in [0, 0.05) is 11.6 Å². The van der Waals surface area contributed by atoms with Crippen LogP contribution in [-0.2, 0) is 14.2 Å². The fourth-order valence-electron chi connectivity index (χ4n) is 8.71. The minimum atomic E-state index is -1.79. The largest absolute Gasteiger partial charge is 0.496 e. The Morgan fingerprint density at radius 2 is 1.92 bits per heavy atom. The van der Waals surface area contributed by atoms with Crippen LogP contribution in [0.2, 0.25) is 0 Å². The van der Waals surface area contributed by atoms with Crippen molar-refractivity contribution >= 4 is 11.7 Å². The highest BCUT2D eigenvalue weighted by molar-refractivity contribution is 5.98. The van der Waals surface area contributed by atoms with Crippen LogP contribution < -0.4 is 10.5 Å². The van der Waals surface area contributed by atoms with E-state index in [0.717, 1.165) is 12.0 Å². The fourth-order valence-corrected chi connectivity index (χ4v) is 8.71. The van der Waals surface area contributed by atoms with Gasteiger partial charge in [0.1, 0.15) is 23.0 Å². The number of methoxy groups -OCH3 is 1. The molecule has 1 heterocycles. The lowest BCUT2D eigenvalue weighted by molar-refractivity contribution is -0.312. The number of aliphatic hydroxyl groups is 2. The Morgan fingerprint density at radius 3 is 2.62 bits per heavy atom. The molecular formula is C31H41NO7. The molecule has 2 bridgehead atoms. The Kier molecular flexibility index (Phi) is 5.72. The highest BCUT2D eigenvalue weighted by Crippen LogP contribution is 2.73. The van der Waals surface area contributed by atoms with E-state index in [0.29, 0.717) is 11.5 Å². The van der Waals surface area contributed by atoms with E-state index in [9.17, 15) is 15.0 Å². The second kappa shape index (κ2) is 8.32. The third kappa shape index (κ3) is 3.41. The van der Waals surface area contributed by atoms with Crippen molar-refractivity contribution in [3.05, 3.63) is 47.1 Å². The molecule has 1 aromatic rings. The third-order valence-electron chi connectivity index (χ3n) is 10.6. The van der Waals surface area contributed by atoms with Gasteiger partial charge in [-0.2, -0.15) is 0 Å². The summed E-state index contributed by atoms with van der Waals surface area (Å²) in [4.78, 5) is 13.7. The van der Waals surface area contributed by atoms with E-state index in [4.69, 9.17) is 24.7 Å². The van der Waals surface area contributed by atoms with Gasteiger partial charge in [-0.15, -0.1) is 0 Å². The van der Waals surface area contributed by atoms with Crippen LogP contribution >= 0.6 is 0 Å². The van der Waals surface area contributed by atoms with Gasteiger partial charge in [0.15, 0.2) is 11.9 Å². The molecular weight excluding hydrogens is 498 g/mol. The van der Waals surface area contributed by atoms with Gasteiger partial charge in [0.05, 0.1) is 25.2 Å². The highest BCUT2D eigenvalue weighted by atomic mass is 16.7. The zero-order chi connectivity index (χ0) is 28.3. The lowest BCUT2D eigenvalue weighted by atomic mass is 9.58.